The molecule has 4 heterocycles. The van der Waals surface area contributed by atoms with Crippen molar-refractivity contribution in [1.82, 2.24) is 14.5 Å². The largest absolute Gasteiger partial charge is 0.464 e. The van der Waals surface area contributed by atoms with Gasteiger partial charge in [-0.05, 0) is 48.5 Å². The van der Waals surface area contributed by atoms with Gasteiger partial charge in [0.2, 0.25) is 0 Å². The second-order valence-electron chi connectivity index (χ2n) is 6.76. The van der Waals surface area contributed by atoms with Crippen molar-refractivity contribution < 1.29 is 4.42 Å². The number of hydrogen-bond acceptors (Lipinski definition) is 3. The van der Waals surface area contributed by atoms with Crippen LogP contribution in [0.2, 0.25) is 0 Å². The summed E-state index contributed by atoms with van der Waals surface area (Å²) in [6.07, 6.45) is 5.32. The maximum Gasteiger partial charge on any atom is 0.138 e. The van der Waals surface area contributed by atoms with E-state index in [1.807, 2.05) is 36.4 Å². The number of rotatable bonds is 2. The number of nitrogens with zero attached hydrogens (tertiary/aromatic N) is 3. The predicted molar refractivity (Wildman–Crippen MR) is 112 cm³/mol. The molecule has 0 radical (unpaired) electrons. The third-order valence-corrected chi connectivity index (χ3v) is 5.21. The molecule has 0 saturated heterocycles. The first-order valence-electron chi connectivity index (χ1n) is 9.17. The molecule has 132 valence electrons. The average Bonchev–Trinajstić information content (AvgIpc) is 3.37. The van der Waals surface area contributed by atoms with E-state index in [-0.39, 0.29) is 0 Å². The summed E-state index contributed by atoms with van der Waals surface area (Å²) in [6.45, 7) is 0. The van der Waals surface area contributed by atoms with Gasteiger partial charge in [-0.15, -0.1) is 0 Å². The molecule has 0 spiro atoms. The van der Waals surface area contributed by atoms with Crippen LogP contribution in [0.5, 0.6) is 0 Å². The molecule has 0 saturated carbocycles. The van der Waals surface area contributed by atoms with Crippen LogP contribution in [-0.2, 0) is 0 Å². The molecule has 0 aliphatic rings. The van der Waals surface area contributed by atoms with Gasteiger partial charge >= 0.3 is 0 Å². The van der Waals surface area contributed by atoms with Crippen molar-refractivity contribution in [2.75, 3.05) is 0 Å². The van der Waals surface area contributed by atoms with Crippen molar-refractivity contribution >= 4 is 32.8 Å². The molecule has 4 heteroatoms. The number of para-hydroxylation sites is 1. The summed E-state index contributed by atoms with van der Waals surface area (Å²) in [4.78, 5) is 9.09. The van der Waals surface area contributed by atoms with Crippen molar-refractivity contribution in [1.29, 1.82) is 0 Å². The highest BCUT2D eigenvalue weighted by Gasteiger charge is 2.16. The summed E-state index contributed by atoms with van der Waals surface area (Å²) in [5.41, 5.74) is 5.09. The van der Waals surface area contributed by atoms with E-state index < -0.39 is 0 Å². The molecule has 4 nitrogen and oxygen atoms in total. The van der Waals surface area contributed by atoms with Crippen LogP contribution >= 0.6 is 0 Å². The van der Waals surface area contributed by atoms with Gasteiger partial charge in [-0.1, -0.05) is 24.3 Å². The molecule has 2 aromatic carbocycles. The molecule has 6 aromatic rings. The minimum atomic E-state index is 0.877. The molecule has 0 aliphatic carbocycles. The third-order valence-electron chi connectivity index (χ3n) is 5.21. The average molecular weight is 361 g/mol. The molecule has 0 N–H and O–H groups in total. The quantitative estimate of drug-likeness (QED) is 0.381. The molecule has 28 heavy (non-hydrogen) atoms. The zero-order valence-electron chi connectivity index (χ0n) is 14.9. The molecule has 0 fully saturated rings. The van der Waals surface area contributed by atoms with Crippen LogP contribution in [0.4, 0.5) is 0 Å². The fourth-order valence-corrected chi connectivity index (χ4v) is 3.97. The zero-order chi connectivity index (χ0) is 18.5. The summed E-state index contributed by atoms with van der Waals surface area (Å²) in [5.74, 6) is 0.884. The van der Waals surface area contributed by atoms with Crippen LogP contribution in [-0.4, -0.2) is 14.5 Å². The van der Waals surface area contributed by atoms with Crippen LogP contribution in [0.1, 0.15) is 0 Å². The van der Waals surface area contributed by atoms with Gasteiger partial charge < -0.3 is 4.42 Å². The van der Waals surface area contributed by atoms with E-state index in [0.29, 0.717) is 0 Å². The minimum absolute atomic E-state index is 0.877. The van der Waals surface area contributed by atoms with Crippen LogP contribution in [0.3, 0.4) is 0 Å². The Balaban J connectivity index is 1.73. The Kier molecular flexibility index (Phi) is 3.14. The summed E-state index contributed by atoms with van der Waals surface area (Å²) < 4.78 is 7.89. The zero-order valence-corrected chi connectivity index (χ0v) is 14.9. The van der Waals surface area contributed by atoms with Crippen molar-refractivity contribution in [2.45, 2.75) is 0 Å². The Hall–Kier alpha value is -3.92. The molecule has 6 rings (SSSR count). The second-order valence-corrected chi connectivity index (χ2v) is 6.76. The lowest BCUT2D eigenvalue weighted by atomic mass is 10.1. The molecule has 0 atom stereocenters. The first kappa shape index (κ1) is 15.2. The second kappa shape index (κ2) is 5.79. The standard InChI is InChI=1S/C24H15N3O/c1-2-6-21-17(4-1)18-8-9-22-19(12-15-28-22)24(18)27(21)23-7-3-5-20(26-23)16-10-13-25-14-11-16/h1-15H. The maximum absolute atomic E-state index is 5.67. The van der Waals surface area contributed by atoms with Gasteiger partial charge in [0.05, 0.1) is 23.0 Å². The fourth-order valence-electron chi connectivity index (χ4n) is 3.97. The monoisotopic (exact) mass is 361 g/mol. The maximum atomic E-state index is 5.67. The molecule has 0 amide bonds. The van der Waals surface area contributed by atoms with Crippen molar-refractivity contribution in [2.24, 2.45) is 0 Å². The first-order valence-corrected chi connectivity index (χ1v) is 9.17. The normalized spacial score (nSPS) is 11.6. The summed E-state index contributed by atoms with van der Waals surface area (Å²) in [6, 6.07) is 24.7. The highest BCUT2D eigenvalue weighted by atomic mass is 16.3. The van der Waals surface area contributed by atoms with Crippen LogP contribution in [0.15, 0.2) is 95.9 Å². The van der Waals surface area contributed by atoms with E-state index in [1.54, 1.807) is 18.7 Å². The third kappa shape index (κ3) is 2.12. The first-order chi connectivity index (χ1) is 13.9. The Morgan fingerprint density at radius 2 is 1.61 bits per heavy atom. The SMILES string of the molecule is c1cc(-c2ccncc2)nc(-n2c3ccccc3c3ccc4occc4c32)c1. The summed E-state index contributed by atoms with van der Waals surface area (Å²) >= 11 is 0. The lowest BCUT2D eigenvalue weighted by molar-refractivity contribution is 0.616. The number of fused-ring (bicyclic) bond motifs is 5. The van der Waals surface area contributed by atoms with E-state index >= 15 is 0 Å². The summed E-state index contributed by atoms with van der Waals surface area (Å²) in [5, 5.41) is 3.49. The number of hydrogen-bond donors (Lipinski definition) is 0. The van der Waals surface area contributed by atoms with Gasteiger partial charge in [-0.2, -0.15) is 0 Å². The number of pyridine rings is 2. The van der Waals surface area contributed by atoms with E-state index in [4.69, 9.17) is 9.40 Å². The Labute approximate surface area is 160 Å². The Morgan fingerprint density at radius 1 is 0.714 bits per heavy atom. The topological polar surface area (TPSA) is 43.9 Å². The van der Waals surface area contributed by atoms with Crippen LogP contribution < -0.4 is 0 Å². The highest BCUT2D eigenvalue weighted by Crippen LogP contribution is 2.36. The van der Waals surface area contributed by atoms with E-state index in [2.05, 4.69) is 45.9 Å². The molecule has 4 aromatic heterocycles. The number of aromatic nitrogens is 3. The van der Waals surface area contributed by atoms with Crippen LogP contribution in [0, 0.1) is 0 Å². The van der Waals surface area contributed by atoms with Crippen molar-refractivity contribution in [3.8, 4) is 17.1 Å². The van der Waals surface area contributed by atoms with E-state index in [1.165, 1.54) is 10.8 Å². The summed E-state index contributed by atoms with van der Waals surface area (Å²) in [7, 11) is 0. The van der Waals surface area contributed by atoms with Gasteiger partial charge in [0.25, 0.3) is 0 Å². The van der Waals surface area contributed by atoms with Crippen molar-refractivity contribution in [3.63, 3.8) is 0 Å². The van der Waals surface area contributed by atoms with Gasteiger partial charge in [0, 0.05) is 34.1 Å². The lowest BCUT2D eigenvalue weighted by Gasteiger charge is -2.09. The highest BCUT2D eigenvalue weighted by molar-refractivity contribution is 6.17. The fraction of sp³-hybridized carbons (Fsp3) is 0. The Bertz CT molecular complexity index is 1460. The van der Waals surface area contributed by atoms with Gasteiger partial charge in [-0.25, -0.2) is 4.98 Å². The van der Waals surface area contributed by atoms with Crippen molar-refractivity contribution in [3.05, 3.63) is 91.5 Å². The molecule has 0 unspecified atom stereocenters. The van der Waals surface area contributed by atoms with Gasteiger partial charge in [-0.3, -0.25) is 9.55 Å². The minimum Gasteiger partial charge on any atom is -0.464 e. The molecule has 0 bridgehead atoms. The number of benzene rings is 2. The molecular formula is C24H15N3O. The van der Waals surface area contributed by atoms with Crippen LogP contribution in [0.25, 0.3) is 49.9 Å². The lowest BCUT2D eigenvalue weighted by Crippen LogP contribution is -1.98. The Morgan fingerprint density at radius 3 is 2.54 bits per heavy atom. The predicted octanol–water partition coefficient (Wildman–Crippen LogP) is 5.99. The number of furan rings is 1. The van der Waals surface area contributed by atoms with Gasteiger partial charge in [0.15, 0.2) is 0 Å². The van der Waals surface area contributed by atoms with Gasteiger partial charge in [0.1, 0.15) is 11.4 Å². The van der Waals surface area contributed by atoms with E-state index in [9.17, 15) is 0 Å². The smallest absolute Gasteiger partial charge is 0.138 e. The molecule has 0 aliphatic heterocycles. The van der Waals surface area contributed by atoms with E-state index in [0.717, 1.165) is 39.1 Å². The molecular weight excluding hydrogens is 346 g/mol.